The van der Waals surface area contributed by atoms with E-state index >= 15 is 0 Å². The molecule has 180 valence electrons. The molecular formula is C26H20ClFN6O2. The zero-order chi connectivity index (χ0) is 25.1. The standard InChI is InChI=1S/C26H20ClFN6O2/c27-16-9-11-17(12-10-16)31-26(36)33-24-25(35)34(14-18-13-29-15-30-18)22-8-4-2-6-20(22)23(32-24)19-5-1-3-7-21(19)28/h1-13,15,24H,14H2,(H,29,30)(H2,31,33,36). The third kappa shape index (κ3) is 4.82. The number of nitrogens with zero attached hydrogens (tertiary/aromatic N) is 3. The highest BCUT2D eigenvalue weighted by Gasteiger charge is 2.34. The Bertz CT molecular complexity index is 1440. The average molecular weight is 503 g/mol. The first kappa shape index (κ1) is 23.3. The summed E-state index contributed by atoms with van der Waals surface area (Å²) in [5.74, 6) is -0.987. The molecule has 0 fully saturated rings. The van der Waals surface area contributed by atoms with Gasteiger partial charge in [0, 0.05) is 28.0 Å². The van der Waals surface area contributed by atoms with Crippen LogP contribution in [0.3, 0.4) is 0 Å². The van der Waals surface area contributed by atoms with Crippen LogP contribution >= 0.6 is 11.6 Å². The SMILES string of the molecule is O=C(Nc1ccc(Cl)cc1)NC1N=C(c2ccccc2F)c2ccccc2N(Cc2cnc[nH]2)C1=O. The lowest BCUT2D eigenvalue weighted by Crippen LogP contribution is -2.48. The van der Waals surface area contributed by atoms with Crippen LogP contribution in [-0.2, 0) is 11.3 Å². The molecule has 1 aliphatic heterocycles. The smallest absolute Gasteiger partial charge is 0.321 e. The lowest BCUT2D eigenvalue weighted by atomic mass is 9.99. The van der Waals surface area contributed by atoms with Gasteiger partial charge in [0.2, 0.25) is 6.17 Å². The maximum Gasteiger partial charge on any atom is 0.321 e. The molecule has 4 aromatic rings. The van der Waals surface area contributed by atoms with Gasteiger partial charge in [0.25, 0.3) is 5.91 Å². The fourth-order valence-corrected chi connectivity index (χ4v) is 4.05. The summed E-state index contributed by atoms with van der Waals surface area (Å²) in [6.45, 7) is 0.146. The topological polar surface area (TPSA) is 102 Å². The van der Waals surface area contributed by atoms with E-state index in [0.29, 0.717) is 27.7 Å². The average Bonchev–Trinajstić information content (AvgIpc) is 3.37. The Hall–Kier alpha value is -4.50. The van der Waals surface area contributed by atoms with Gasteiger partial charge in [-0.1, -0.05) is 41.9 Å². The van der Waals surface area contributed by atoms with E-state index in [0.717, 1.165) is 0 Å². The highest BCUT2D eigenvalue weighted by Crippen LogP contribution is 2.30. The largest absolute Gasteiger partial charge is 0.347 e. The second-order valence-corrected chi connectivity index (χ2v) is 8.42. The predicted molar refractivity (Wildman–Crippen MR) is 136 cm³/mol. The van der Waals surface area contributed by atoms with Gasteiger partial charge >= 0.3 is 6.03 Å². The number of aromatic nitrogens is 2. The summed E-state index contributed by atoms with van der Waals surface area (Å²) in [6, 6.07) is 19.1. The maximum atomic E-state index is 14.9. The number of hydrogen-bond donors (Lipinski definition) is 3. The fourth-order valence-electron chi connectivity index (χ4n) is 3.92. The zero-order valence-corrected chi connectivity index (χ0v) is 19.5. The molecule has 10 heteroatoms. The van der Waals surface area contributed by atoms with Crippen molar-refractivity contribution >= 4 is 40.6 Å². The van der Waals surface area contributed by atoms with Gasteiger partial charge in [0.1, 0.15) is 5.82 Å². The molecule has 5 rings (SSSR count). The van der Waals surface area contributed by atoms with Crippen molar-refractivity contribution < 1.29 is 14.0 Å². The Morgan fingerprint density at radius 1 is 1.03 bits per heavy atom. The molecule has 3 amide bonds. The molecule has 0 spiro atoms. The van der Waals surface area contributed by atoms with E-state index in [1.807, 2.05) is 0 Å². The molecule has 1 atom stereocenters. The summed E-state index contributed by atoms with van der Waals surface area (Å²) in [7, 11) is 0. The van der Waals surface area contributed by atoms with Crippen molar-refractivity contribution in [1.82, 2.24) is 15.3 Å². The first-order valence-electron chi connectivity index (χ1n) is 11.0. The maximum absolute atomic E-state index is 14.9. The van der Waals surface area contributed by atoms with Crippen molar-refractivity contribution in [2.24, 2.45) is 4.99 Å². The number of hydrogen-bond acceptors (Lipinski definition) is 4. The number of benzodiazepines with no additional fused rings is 1. The molecule has 36 heavy (non-hydrogen) atoms. The van der Waals surface area contributed by atoms with Gasteiger partial charge in [0.15, 0.2) is 0 Å². The number of aliphatic imine (C=N–C) groups is 1. The van der Waals surface area contributed by atoms with Gasteiger partial charge in [-0.25, -0.2) is 19.2 Å². The number of amides is 3. The minimum atomic E-state index is -1.33. The highest BCUT2D eigenvalue weighted by atomic mass is 35.5. The Balaban J connectivity index is 1.56. The second kappa shape index (κ2) is 10.0. The minimum absolute atomic E-state index is 0.146. The summed E-state index contributed by atoms with van der Waals surface area (Å²) in [6.07, 6.45) is 1.79. The second-order valence-electron chi connectivity index (χ2n) is 7.98. The van der Waals surface area contributed by atoms with Gasteiger partial charge in [-0.2, -0.15) is 0 Å². The number of nitrogens with one attached hydrogen (secondary N) is 3. The third-order valence-electron chi connectivity index (χ3n) is 5.59. The molecule has 0 aliphatic carbocycles. The van der Waals surface area contributed by atoms with Crippen LogP contribution in [0.5, 0.6) is 0 Å². The lowest BCUT2D eigenvalue weighted by molar-refractivity contribution is -0.120. The number of benzene rings is 3. The first-order valence-corrected chi connectivity index (χ1v) is 11.4. The summed E-state index contributed by atoms with van der Waals surface area (Å²) >= 11 is 5.91. The van der Waals surface area contributed by atoms with Crippen LogP contribution in [0.15, 0.2) is 90.3 Å². The van der Waals surface area contributed by atoms with Gasteiger partial charge in [-0.15, -0.1) is 0 Å². The Morgan fingerprint density at radius 2 is 1.75 bits per heavy atom. The first-order chi connectivity index (χ1) is 17.5. The molecule has 3 N–H and O–H groups in total. The molecule has 1 aliphatic rings. The van der Waals surface area contributed by atoms with Crippen LogP contribution in [0.2, 0.25) is 5.02 Å². The Morgan fingerprint density at radius 3 is 2.47 bits per heavy atom. The normalized spacial score (nSPS) is 15.1. The molecule has 1 unspecified atom stereocenters. The number of anilines is 2. The van der Waals surface area contributed by atoms with E-state index < -0.39 is 23.9 Å². The molecule has 0 radical (unpaired) electrons. The summed E-state index contributed by atoms with van der Waals surface area (Å²) in [4.78, 5) is 39.7. The van der Waals surface area contributed by atoms with E-state index in [-0.39, 0.29) is 17.8 Å². The van der Waals surface area contributed by atoms with E-state index in [4.69, 9.17) is 11.6 Å². The van der Waals surface area contributed by atoms with Gasteiger partial charge < -0.3 is 20.5 Å². The van der Waals surface area contributed by atoms with Crippen LogP contribution < -0.4 is 15.5 Å². The van der Waals surface area contributed by atoms with Gasteiger partial charge in [0.05, 0.1) is 30.0 Å². The van der Waals surface area contributed by atoms with Crippen molar-refractivity contribution in [2.45, 2.75) is 12.7 Å². The number of fused-ring (bicyclic) bond motifs is 1. The highest BCUT2D eigenvalue weighted by molar-refractivity contribution is 6.30. The Kier molecular flexibility index (Phi) is 6.46. The van der Waals surface area contributed by atoms with Crippen molar-refractivity contribution in [1.29, 1.82) is 0 Å². The number of imidazole rings is 1. The van der Waals surface area contributed by atoms with Crippen LogP contribution in [-0.4, -0.2) is 33.8 Å². The third-order valence-corrected chi connectivity index (χ3v) is 5.84. The van der Waals surface area contributed by atoms with E-state index in [2.05, 4.69) is 25.6 Å². The number of aromatic amines is 1. The van der Waals surface area contributed by atoms with Crippen molar-refractivity contribution in [2.75, 3.05) is 10.2 Å². The molecule has 0 saturated heterocycles. The molecule has 3 aromatic carbocycles. The molecule has 0 saturated carbocycles. The van der Waals surface area contributed by atoms with Crippen LogP contribution in [0.1, 0.15) is 16.8 Å². The summed E-state index contributed by atoms with van der Waals surface area (Å²) in [5.41, 5.74) is 2.71. The summed E-state index contributed by atoms with van der Waals surface area (Å²) < 4.78 is 14.9. The van der Waals surface area contributed by atoms with Crippen LogP contribution in [0.4, 0.5) is 20.6 Å². The minimum Gasteiger partial charge on any atom is -0.347 e. The van der Waals surface area contributed by atoms with Crippen molar-refractivity contribution in [3.8, 4) is 0 Å². The molecule has 8 nitrogen and oxygen atoms in total. The quantitative estimate of drug-likeness (QED) is 0.367. The van der Waals surface area contributed by atoms with E-state index in [1.165, 1.54) is 17.3 Å². The zero-order valence-electron chi connectivity index (χ0n) is 18.8. The number of rotatable bonds is 5. The number of H-pyrrole nitrogens is 1. The van der Waals surface area contributed by atoms with Crippen molar-refractivity contribution in [3.63, 3.8) is 0 Å². The van der Waals surface area contributed by atoms with Gasteiger partial charge in [-0.3, -0.25) is 4.79 Å². The molecule has 2 heterocycles. The Labute approximate surface area is 210 Å². The fraction of sp³-hybridized carbons (Fsp3) is 0.0769. The molecule has 0 bridgehead atoms. The number of carbonyl (C=O) groups is 2. The molecule has 1 aromatic heterocycles. The lowest BCUT2D eigenvalue weighted by Gasteiger charge is -2.25. The van der Waals surface area contributed by atoms with Crippen molar-refractivity contribution in [3.05, 3.63) is 113 Å². The van der Waals surface area contributed by atoms with E-state index in [9.17, 15) is 14.0 Å². The predicted octanol–water partition coefficient (Wildman–Crippen LogP) is 4.73. The van der Waals surface area contributed by atoms with E-state index in [1.54, 1.807) is 72.9 Å². The monoisotopic (exact) mass is 502 g/mol. The number of carbonyl (C=O) groups excluding carboxylic acids is 2. The number of halogens is 2. The molecular weight excluding hydrogens is 483 g/mol. The summed E-state index contributed by atoms with van der Waals surface area (Å²) in [5, 5.41) is 5.81. The van der Waals surface area contributed by atoms with Gasteiger partial charge in [-0.05, 0) is 42.5 Å². The van der Waals surface area contributed by atoms with Crippen LogP contribution in [0.25, 0.3) is 0 Å². The number of para-hydroxylation sites is 1. The number of urea groups is 1. The van der Waals surface area contributed by atoms with Crippen LogP contribution in [0, 0.1) is 5.82 Å².